The van der Waals surface area contributed by atoms with Gasteiger partial charge in [0.2, 0.25) is 0 Å². The van der Waals surface area contributed by atoms with Gasteiger partial charge < -0.3 is 10.1 Å². The van der Waals surface area contributed by atoms with Crippen LogP contribution < -0.4 is 5.32 Å². The van der Waals surface area contributed by atoms with E-state index in [4.69, 9.17) is 4.74 Å². The standard InChI is InChI=1S/C12H26N2O/c1-6-13-11(4)12(5)14-7-10(3)15-8-9(14)2/h9-13H,6-8H2,1-5H3. The first-order chi connectivity index (χ1) is 7.06. The molecule has 1 aliphatic rings. The van der Waals surface area contributed by atoms with Crippen molar-refractivity contribution in [2.24, 2.45) is 0 Å². The average molecular weight is 214 g/mol. The van der Waals surface area contributed by atoms with E-state index in [1.165, 1.54) is 0 Å². The molecule has 3 nitrogen and oxygen atoms in total. The first-order valence-electron chi connectivity index (χ1n) is 6.17. The molecule has 1 fully saturated rings. The molecule has 0 amide bonds. The minimum atomic E-state index is 0.373. The first kappa shape index (κ1) is 12.9. The highest BCUT2D eigenvalue weighted by molar-refractivity contribution is 4.84. The number of morpholine rings is 1. The fourth-order valence-corrected chi connectivity index (χ4v) is 2.28. The number of nitrogens with one attached hydrogen (secondary N) is 1. The van der Waals surface area contributed by atoms with Gasteiger partial charge in [-0.25, -0.2) is 0 Å². The van der Waals surface area contributed by atoms with E-state index in [9.17, 15) is 0 Å². The van der Waals surface area contributed by atoms with Crippen molar-refractivity contribution in [3.05, 3.63) is 0 Å². The Morgan fingerprint density at radius 1 is 1.40 bits per heavy atom. The third kappa shape index (κ3) is 3.44. The van der Waals surface area contributed by atoms with Crippen molar-refractivity contribution in [2.75, 3.05) is 19.7 Å². The molecule has 0 bridgehead atoms. The van der Waals surface area contributed by atoms with Crippen molar-refractivity contribution in [1.29, 1.82) is 0 Å². The molecule has 1 saturated heterocycles. The lowest BCUT2D eigenvalue weighted by Crippen LogP contribution is -2.56. The maximum atomic E-state index is 5.65. The molecule has 15 heavy (non-hydrogen) atoms. The zero-order valence-corrected chi connectivity index (χ0v) is 10.8. The average Bonchev–Trinajstić information content (AvgIpc) is 2.21. The van der Waals surface area contributed by atoms with E-state index in [2.05, 4.69) is 44.8 Å². The van der Waals surface area contributed by atoms with Crippen LogP contribution in [-0.2, 0) is 4.74 Å². The molecule has 0 radical (unpaired) electrons. The minimum absolute atomic E-state index is 0.373. The van der Waals surface area contributed by atoms with Crippen LogP contribution in [0, 0.1) is 0 Å². The Balaban J connectivity index is 2.51. The van der Waals surface area contributed by atoms with Gasteiger partial charge in [0, 0.05) is 24.7 Å². The van der Waals surface area contributed by atoms with Gasteiger partial charge in [0.05, 0.1) is 12.7 Å². The molecule has 0 aromatic heterocycles. The molecule has 4 unspecified atom stereocenters. The maximum Gasteiger partial charge on any atom is 0.0674 e. The van der Waals surface area contributed by atoms with Crippen LogP contribution in [0.4, 0.5) is 0 Å². The molecule has 0 aromatic rings. The van der Waals surface area contributed by atoms with Crippen LogP contribution >= 0.6 is 0 Å². The van der Waals surface area contributed by atoms with Gasteiger partial charge in [-0.1, -0.05) is 6.92 Å². The molecule has 0 saturated carbocycles. The van der Waals surface area contributed by atoms with Crippen molar-refractivity contribution in [1.82, 2.24) is 10.2 Å². The highest BCUT2D eigenvalue weighted by Crippen LogP contribution is 2.16. The smallest absolute Gasteiger partial charge is 0.0674 e. The summed E-state index contributed by atoms with van der Waals surface area (Å²) in [5.41, 5.74) is 0. The maximum absolute atomic E-state index is 5.65. The number of likely N-dealkylation sites (N-methyl/N-ethyl adjacent to an activating group) is 1. The molecule has 90 valence electrons. The summed E-state index contributed by atoms with van der Waals surface area (Å²) in [6.45, 7) is 14.1. The second-order valence-electron chi connectivity index (χ2n) is 4.78. The summed E-state index contributed by atoms with van der Waals surface area (Å²) < 4.78 is 5.65. The van der Waals surface area contributed by atoms with Crippen LogP contribution in [0.2, 0.25) is 0 Å². The fraction of sp³-hybridized carbons (Fsp3) is 1.00. The molecule has 1 aliphatic heterocycles. The van der Waals surface area contributed by atoms with Gasteiger partial charge in [0.25, 0.3) is 0 Å². The van der Waals surface area contributed by atoms with Gasteiger partial charge in [-0.05, 0) is 34.2 Å². The van der Waals surface area contributed by atoms with Gasteiger partial charge in [0.15, 0.2) is 0 Å². The van der Waals surface area contributed by atoms with Gasteiger partial charge in [-0.3, -0.25) is 4.90 Å². The fourth-order valence-electron chi connectivity index (χ4n) is 2.28. The van der Waals surface area contributed by atoms with Crippen molar-refractivity contribution < 1.29 is 4.74 Å². The molecule has 1 rings (SSSR count). The van der Waals surface area contributed by atoms with Gasteiger partial charge in [-0.2, -0.15) is 0 Å². The molecular formula is C12H26N2O. The summed E-state index contributed by atoms with van der Waals surface area (Å²) in [6.07, 6.45) is 0.373. The number of hydrogen-bond acceptors (Lipinski definition) is 3. The molecule has 1 N–H and O–H groups in total. The lowest BCUT2D eigenvalue weighted by Gasteiger charge is -2.42. The van der Waals surface area contributed by atoms with Crippen LogP contribution in [0.5, 0.6) is 0 Å². The van der Waals surface area contributed by atoms with Crippen LogP contribution in [0.3, 0.4) is 0 Å². The predicted octanol–water partition coefficient (Wildman–Crippen LogP) is 1.48. The second-order valence-corrected chi connectivity index (χ2v) is 4.78. The highest BCUT2D eigenvalue weighted by Gasteiger charge is 2.29. The lowest BCUT2D eigenvalue weighted by molar-refractivity contribution is -0.0674. The van der Waals surface area contributed by atoms with Gasteiger partial charge in [-0.15, -0.1) is 0 Å². The number of nitrogens with zero attached hydrogens (tertiary/aromatic N) is 1. The van der Waals surface area contributed by atoms with E-state index in [-0.39, 0.29) is 0 Å². The lowest BCUT2D eigenvalue weighted by atomic mass is 10.1. The number of hydrogen-bond donors (Lipinski definition) is 1. The van der Waals surface area contributed by atoms with E-state index in [1.54, 1.807) is 0 Å². The summed E-state index contributed by atoms with van der Waals surface area (Å²) in [5, 5.41) is 3.50. The summed E-state index contributed by atoms with van der Waals surface area (Å²) in [5.74, 6) is 0. The largest absolute Gasteiger partial charge is 0.376 e. The van der Waals surface area contributed by atoms with Crippen LogP contribution in [0.1, 0.15) is 34.6 Å². The van der Waals surface area contributed by atoms with E-state index in [1.807, 2.05) is 0 Å². The monoisotopic (exact) mass is 214 g/mol. The zero-order valence-electron chi connectivity index (χ0n) is 10.8. The molecule has 1 heterocycles. The molecule has 0 aromatic carbocycles. The zero-order chi connectivity index (χ0) is 11.4. The Hall–Kier alpha value is -0.120. The Kier molecular flexibility index (Phi) is 5.03. The van der Waals surface area contributed by atoms with Crippen molar-refractivity contribution >= 4 is 0 Å². The van der Waals surface area contributed by atoms with Crippen molar-refractivity contribution in [2.45, 2.75) is 58.8 Å². The van der Waals surface area contributed by atoms with E-state index >= 15 is 0 Å². The van der Waals surface area contributed by atoms with Crippen LogP contribution in [0.25, 0.3) is 0 Å². The SMILES string of the molecule is CCNC(C)C(C)N1CC(C)OCC1C. The second kappa shape index (κ2) is 5.83. The Labute approximate surface area is 94.2 Å². The normalized spacial score (nSPS) is 32.6. The molecular weight excluding hydrogens is 188 g/mol. The van der Waals surface area contributed by atoms with E-state index in [0.717, 1.165) is 19.7 Å². The molecule has 4 atom stereocenters. The van der Waals surface area contributed by atoms with Crippen molar-refractivity contribution in [3.63, 3.8) is 0 Å². The predicted molar refractivity (Wildman–Crippen MR) is 64.2 cm³/mol. The molecule has 0 aliphatic carbocycles. The van der Waals surface area contributed by atoms with Gasteiger partial charge in [0.1, 0.15) is 0 Å². The summed E-state index contributed by atoms with van der Waals surface area (Å²) in [7, 11) is 0. The third-order valence-electron chi connectivity index (χ3n) is 3.43. The number of ether oxygens (including phenoxy) is 1. The quantitative estimate of drug-likeness (QED) is 0.767. The third-order valence-corrected chi connectivity index (χ3v) is 3.43. The van der Waals surface area contributed by atoms with Crippen LogP contribution in [0.15, 0.2) is 0 Å². The topological polar surface area (TPSA) is 24.5 Å². The van der Waals surface area contributed by atoms with Gasteiger partial charge >= 0.3 is 0 Å². The number of rotatable bonds is 4. The van der Waals surface area contributed by atoms with Crippen LogP contribution in [-0.4, -0.2) is 48.8 Å². The summed E-state index contributed by atoms with van der Waals surface area (Å²) in [6, 6.07) is 1.66. The first-order valence-corrected chi connectivity index (χ1v) is 6.17. The van der Waals surface area contributed by atoms with E-state index < -0.39 is 0 Å². The molecule has 3 heteroatoms. The molecule has 0 spiro atoms. The highest BCUT2D eigenvalue weighted by atomic mass is 16.5. The summed E-state index contributed by atoms with van der Waals surface area (Å²) >= 11 is 0. The summed E-state index contributed by atoms with van der Waals surface area (Å²) in [4.78, 5) is 2.56. The Morgan fingerprint density at radius 2 is 2.07 bits per heavy atom. The van der Waals surface area contributed by atoms with E-state index in [0.29, 0.717) is 24.2 Å². The minimum Gasteiger partial charge on any atom is -0.376 e. The Bertz CT molecular complexity index is 186. The Morgan fingerprint density at radius 3 is 2.67 bits per heavy atom. The van der Waals surface area contributed by atoms with Crippen molar-refractivity contribution in [3.8, 4) is 0 Å².